The molecule has 96 valence electrons. The number of halogens is 1. The van der Waals surface area contributed by atoms with E-state index in [4.69, 9.17) is 0 Å². The van der Waals surface area contributed by atoms with Gasteiger partial charge in [-0.05, 0) is 50.6 Å². The first-order chi connectivity index (χ1) is 7.54. The molecule has 2 nitrogen and oxygen atoms in total. The predicted molar refractivity (Wildman–Crippen MR) is 73.0 cm³/mol. The van der Waals surface area contributed by atoms with Gasteiger partial charge >= 0.3 is 0 Å². The van der Waals surface area contributed by atoms with Gasteiger partial charge in [0.05, 0.1) is 6.10 Å². The number of piperidine rings is 1. The first-order valence-corrected chi connectivity index (χ1v) is 7.63. The summed E-state index contributed by atoms with van der Waals surface area (Å²) in [6.07, 6.45) is 2.19. The maximum Gasteiger partial charge on any atom is 0.0541 e. The maximum atomic E-state index is 9.55. The van der Waals surface area contributed by atoms with E-state index in [1.54, 1.807) is 0 Å². The van der Waals surface area contributed by atoms with Crippen molar-refractivity contribution in [1.29, 1.82) is 0 Å². The van der Waals surface area contributed by atoms with Crippen LogP contribution in [-0.4, -0.2) is 41.1 Å². The Labute approximate surface area is 109 Å². The molecule has 2 atom stereocenters. The molecule has 0 aromatic carbocycles. The third-order valence-corrected chi connectivity index (χ3v) is 4.78. The lowest BCUT2D eigenvalue weighted by atomic mass is 9.90. The molecule has 2 unspecified atom stereocenters. The molecule has 1 N–H and O–H groups in total. The second kappa shape index (κ2) is 6.97. The van der Waals surface area contributed by atoms with Crippen molar-refractivity contribution < 1.29 is 5.11 Å². The van der Waals surface area contributed by atoms with E-state index in [0.717, 1.165) is 43.1 Å². The van der Waals surface area contributed by atoms with Gasteiger partial charge in [0, 0.05) is 11.9 Å². The summed E-state index contributed by atoms with van der Waals surface area (Å²) in [5.74, 6) is 2.02. The number of aliphatic hydroxyl groups is 1. The molecule has 1 saturated heterocycles. The maximum absolute atomic E-state index is 9.55. The molecule has 0 aromatic heterocycles. The molecular weight excluding hydrogens is 266 g/mol. The van der Waals surface area contributed by atoms with Gasteiger partial charge in [-0.3, -0.25) is 0 Å². The molecule has 1 aliphatic heterocycles. The zero-order valence-electron chi connectivity index (χ0n) is 10.8. The molecule has 1 rings (SSSR count). The fraction of sp³-hybridized carbons (Fsp3) is 1.00. The summed E-state index contributed by atoms with van der Waals surface area (Å²) in [5, 5.41) is 10.7. The minimum absolute atomic E-state index is 0.126. The topological polar surface area (TPSA) is 23.5 Å². The molecule has 0 spiro atoms. The Morgan fingerprint density at radius 2 is 1.81 bits per heavy atom. The molecule has 16 heavy (non-hydrogen) atoms. The van der Waals surface area contributed by atoms with Crippen molar-refractivity contribution >= 4 is 15.9 Å². The van der Waals surface area contributed by atoms with Crippen LogP contribution < -0.4 is 0 Å². The normalized spacial score (nSPS) is 23.6. The summed E-state index contributed by atoms with van der Waals surface area (Å²) in [7, 11) is 0. The van der Waals surface area contributed by atoms with Crippen LogP contribution in [-0.2, 0) is 0 Å². The van der Waals surface area contributed by atoms with Crippen LogP contribution in [0.5, 0.6) is 0 Å². The predicted octanol–water partition coefficient (Wildman–Crippen LogP) is 2.75. The van der Waals surface area contributed by atoms with Gasteiger partial charge in [-0.1, -0.05) is 29.8 Å². The Kier molecular flexibility index (Phi) is 6.30. The number of nitrogens with zero attached hydrogens (tertiary/aromatic N) is 1. The second-order valence-corrected chi connectivity index (χ2v) is 6.18. The molecule has 1 heterocycles. The lowest BCUT2D eigenvalue weighted by Gasteiger charge is -2.35. The van der Waals surface area contributed by atoms with Gasteiger partial charge in [0.2, 0.25) is 0 Å². The molecule has 1 fully saturated rings. The van der Waals surface area contributed by atoms with E-state index < -0.39 is 0 Å². The Morgan fingerprint density at radius 1 is 1.25 bits per heavy atom. The van der Waals surface area contributed by atoms with Crippen molar-refractivity contribution in [3.8, 4) is 0 Å². The summed E-state index contributed by atoms with van der Waals surface area (Å²) in [5.41, 5.74) is 0. The molecular formula is C13H26BrNO. The van der Waals surface area contributed by atoms with E-state index in [1.807, 2.05) is 6.92 Å². The molecule has 0 bridgehead atoms. The third kappa shape index (κ3) is 4.34. The van der Waals surface area contributed by atoms with Crippen molar-refractivity contribution in [3.05, 3.63) is 0 Å². The first-order valence-electron chi connectivity index (χ1n) is 6.51. The highest BCUT2D eigenvalue weighted by atomic mass is 79.9. The monoisotopic (exact) mass is 291 g/mol. The average Bonchev–Trinajstić information content (AvgIpc) is 2.26. The Hall–Kier alpha value is 0.400. The molecule has 3 heteroatoms. The van der Waals surface area contributed by atoms with Crippen LogP contribution >= 0.6 is 15.9 Å². The second-order valence-electron chi connectivity index (χ2n) is 5.54. The first kappa shape index (κ1) is 14.5. The number of rotatable bonds is 5. The van der Waals surface area contributed by atoms with Gasteiger partial charge in [-0.2, -0.15) is 0 Å². The minimum atomic E-state index is -0.126. The van der Waals surface area contributed by atoms with E-state index in [2.05, 4.69) is 34.7 Å². The number of alkyl halides is 1. The van der Waals surface area contributed by atoms with Crippen molar-refractivity contribution in [2.24, 2.45) is 17.8 Å². The van der Waals surface area contributed by atoms with Crippen LogP contribution in [0.25, 0.3) is 0 Å². The Bertz CT molecular complexity index is 188. The van der Waals surface area contributed by atoms with Crippen LogP contribution in [0.2, 0.25) is 0 Å². The van der Waals surface area contributed by atoms with Gasteiger partial charge in [0.25, 0.3) is 0 Å². The third-order valence-electron chi connectivity index (χ3n) is 3.95. The van der Waals surface area contributed by atoms with E-state index in [9.17, 15) is 5.11 Å². The van der Waals surface area contributed by atoms with Crippen LogP contribution in [0.4, 0.5) is 0 Å². The summed E-state index contributed by atoms with van der Waals surface area (Å²) in [6, 6.07) is 0. The highest BCUT2D eigenvalue weighted by Crippen LogP contribution is 2.23. The largest absolute Gasteiger partial charge is 0.393 e. The highest BCUT2D eigenvalue weighted by molar-refractivity contribution is 9.09. The smallest absolute Gasteiger partial charge is 0.0541 e. The standard InChI is InChI=1S/C13H26BrNO/c1-10(2)13(8-14)9-15-6-4-12(5-7-15)11(3)16/h10-13,16H,4-9H2,1-3H3. The molecule has 1 aliphatic rings. The van der Waals surface area contributed by atoms with Gasteiger partial charge in [0.15, 0.2) is 0 Å². The van der Waals surface area contributed by atoms with E-state index in [1.165, 1.54) is 6.54 Å². The fourth-order valence-corrected chi connectivity index (χ4v) is 3.34. The van der Waals surface area contributed by atoms with Crippen molar-refractivity contribution in [2.45, 2.75) is 39.7 Å². The Balaban J connectivity index is 2.31. The molecule has 0 saturated carbocycles. The van der Waals surface area contributed by atoms with Crippen LogP contribution in [0.1, 0.15) is 33.6 Å². The van der Waals surface area contributed by atoms with Crippen molar-refractivity contribution in [1.82, 2.24) is 4.90 Å². The summed E-state index contributed by atoms with van der Waals surface area (Å²) in [6.45, 7) is 10.0. The van der Waals surface area contributed by atoms with Gasteiger partial charge < -0.3 is 10.0 Å². The number of likely N-dealkylation sites (tertiary alicyclic amines) is 1. The zero-order chi connectivity index (χ0) is 12.1. The minimum Gasteiger partial charge on any atom is -0.393 e. The van der Waals surface area contributed by atoms with Crippen molar-refractivity contribution in [2.75, 3.05) is 25.0 Å². The van der Waals surface area contributed by atoms with Crippen LogP contribution in [0.3, 0.4) is 0 Å². The van der Waals surface area contributed by atoms with Crippen LogP contribution in [0, 0.1) is 17.8 Å². The molecule has 0 aliphatic carbocycles. The van der Waals surface area contributed by atoms with E-state index in [-0.39, 0.29) is 6.10 Å². The summed E-state index contributed by atoms with van der Waals surface area (Å²) >= 11 is 3.61. The molecule has 0 amide bonds. The van der Waals surface area contributed by atoms with Gasteiger partial charge in [0.1, 0.15) is 0 Å². The van der Waals surface area contributed by atoms with Gasteiger partial charge in [-0.15, -0.1) is 0 Å². The van der Waals surface area contributed by atoms with Crippen LogP contribution in [0.15, 0.2) is 0 Å². The zero-order valence-corrected chi connectivity index (χ0v) is 12.4. The number of aliphatic hydroxyl groups excluding tert-OH is 1. The van der Waals surface area contributed by atoms with Gasteiger partial charge in [-0.25, -0.2) is 0 Å². The molecule has 0 radical (unpaired) electrons. The SMILES string of the molecule is CC(C)C(CBr)CN1CCC(C(C)O)CC1. The summed E-state index contributed by atoms with van der Waals surface area (Å²) < 4.78 is 0. The average molecular weight is 292 g/mol. The highest BCUT2D eigenvalue weighted by Gasteiger charge is 2.24. The molecule has 0 aromatic rings. The number of hydrogen-bond donors (Lipinski definition) is 1. The lowest BCUT2D eigenvalue weighted by molar-refractivity contribution is 0.0651. The van der Waals surface area contributed by atoms with E-state index in [0.29, 0.717) is 5.92 Å². The van der Waals surface area contributed by atoms with Crippen molar-refractivity contribution in [3.63, 3.8) is 0 Å². The number of hydrogen-bond acceptors (Lipinski definition) is 2. The fourth-order valence-electron chi connectivity index (χ4n) is 2.39. The quantitative estimate of drug-likeness (QED) is 0.788. The van der Waals surface area contributed by atoms with E-state index >= 15 is 0 Å². The Morgan fingerprint density at radius 3 is 2.19 bits per heavy atom. The lowest BCUT2D eigenvalue weighted by Crippen LogP contribution is -2.40. The summed E-state index contributed by atoms with van der Waals surface area (Å²) in [4.78, 5) is 2.56.